The summed E-state index contributed by atoms with van der Waals surface area (Å²) in [6, 6.07) is 5.30. The zero-order valence-corrected chi connectivity index (χ0v) is 12.0. The number of nitrogens with zero attached hydrogens (tertiary/aromatic N) is 1. The summed E-state index contributed by atoms with van der Waals surface area (Å²) in [5.74, 6) is 1.16. The van der Waals surface area contributed by atoms with Crippen molar-refractivity contribution in [1.82, 2.24) is 4.90 Å². The fourth-order valence-corrected chi connectivity index (χ4v) is 2.95. The lowest BCUT2D eigenvalue weighted by Gasteiger charge is -2.32. The Labute approximate surface area is 119 Å². The number of carbonyl (C=O) groups is 1. The summed E-state index contributed by atoms with van der Waals surface area (Å²) >= 11 is 5.78. The smallest absolute Gasteiger partial charge is 0.257 e. The highest BCUT2D eigenvalue weighted by Gasteiger charge is 2.25. The van der Waals surface area contributed by atoms with Crippen molar-refractivity contribution in [2.75, 3.05) is 19.0 Å². The van der Waals surface area contributed by atoms with Gasteiger partial charge < -0.3 is 10.0 Å². The fourth-order valence-electron chi connectivity index (χ4n) is 2.64. The average molecular weight is 282 g/mol. The van der Waals surface area contributed by atoms with Gasteiger partial charge in [-0.15, -0.1) is 11.6 Å². The number of hydrogen-bond donors (Lipinski definition) is 1. The van der Waals surface area contributed by atoms with Crippen LogP contribution < -0.4 is 0 Å². The number of benzene rings is 1. The Morgan fingerprint density at radius 1 is 1.53 bits per heavy atom. The van der Waals surface area contributed by atoms with Crippen LogP contribution in [0.5, 0.6) is 5.75 Å². The third-order valence-electron chi connectivity index (χ3n) is 3.79. The lowest BCUT2D eigenvalue weighted by molar-refractivity contribution is 0.0668. The Balaban J connectivity index is 2.12. The number of rotatable bonds is 3. The molecule has 1 heterocycles. The van der Waals surface area contributed by atoms with Crippen LogP contribution >= 0.6 is 11.6 Å². The third-order valence-corrected chi connectivity index (χ3v) is 4.01. The molecule has 0 bridgehead atoms. The van der Waals surface area contributed by atoms with Gasteiger partial charge in [-0.3, -0.25) is 4.79 Å². The lowest BCUT2D eigenvalue weighted by Crippen LogP contribution is -2.40. The van der Waals surface area contributed by atoms with Crippen LogP contribution in [0.1, 0.15) is 35.2 Å². The minimum Gasteiger partial charge on any atom is -0.507 e. The standard InChI is InChI=1S/C15H20ClNO2/c1-11-4-2-6-13(14(11)18)15(19)17-9-3-5-12(10-17)7-8-16/h2,4,6,12,18H,3,5,7-10H2,1H3. The zero-order chi connectivity index (χ0) is 13.8. The van der Waals surface area contributed by atoms with Gasteiger partial charge in [0.05, 0.1) is 5.56 Å². The monoisotopic (exact) mass is 281 g/mol. The van der Waals surface area contributed by atoms with E-state index in [-0.39, 0.29) is 11.7 Å². The van der Waals surface area contributed by atoms with Gasteiger partial charge in [-0.2, -0.15) is 0 Å². The number of aromatic hydroxyl groups is 1. The number of carbonyl (C=O) groups excluding carboxylic acids is 1. The van der Waals surface area contributed by atoms with Gasteiger partial charge >= 0.3 is 0 Å². The van der Waals surface area contributed by atoms with Crippen LogP contribution in [-0.4, -0.2) is 34.9 Å². The van der Waals surface area contributed by atoms with E-state index in [1.165, 1.54) is 0 Å². The highest BCUT2D eigenvalue weighted by Crippen LogP contribution is 2.26. The molecule has 1 amide bonds. The minimum absolute atomic E-state index is 0.0690. The number of aryl methyl sites for hydroxylation is 1. The molecule has 4 heteroatoms. The fraction of sp³-hybridized carbons (Fsp3) is 0.533. The number of amides is 1. The molecule has 1 aromatic rings. The maximum Gasteiger partial charge on any atom is 0.257 e. The molecule has 1 fully saturated rings. The summed E-state index contributed by atoms with van der Waals surface area (Å²) < 4.78 is 0. The summed E-state index contributed by atoms with van der Waals surface area (Å²) in [5, 5.41) is 10.00. The highest BCUT2D eigenvalue weighted by atomic mass is 35.5. The highest BCUT2D eigenvalue weighted by molar-refractivity contribution is 6.17. The van der Waals surface area contributed by atoms with Gasteiger partial charge in [0.25, 0.3) is 5.91 Å². The summed E-state index contributed by atoms with van der Waals surface area (Å²) in [5.41, 5.74) is 1.15. The first kappa shape index (κ1) is 14.2. The maximum absolute atomic E-state index is 12.5. The molecular formula is C15H20ClNO2. The van der Waals surface area contributed by atoms with E-state index < -0.39 is 0 Å². The van der Waals surface area contributed by atoms with E-state index >= 15 is 0 Å². The molecule has 1 saturated heterocycles. The number of phenols is 1. The van der Waals surface area contributed by atoms with Crippen molar-refractivity contribution in [1.29, 1.82) is 0 Å². The minimum atomic E-state index is -0.0690. The van der Waals surface area contributed by atoms with Crippen molar-refractivity contribution >= 4 is 17.5 Å². The van der Waals surface area contributed by atoms with E-state index in [1.54, 1.807) is 19.1 Å². The van der Waals surface area contributed by atoms with Crippen LogP contribution in [0.4, 0.5) is 0 Å². The Bertz CT molecular complexity index is 459. The third kappa shape index (κ3) is 3.21. The first-order chi connectivity index (χ1) is 9.13. The Morgan fingerprint density at radius 2 is 2.32 bits per heavy atom. The molecule has 2 rings (SSSR count). The maximum atomic E-state index is 12.5. The zero-order valence-electron chi connectivity index (χ0n) is 11.2. The van der Waals surface area contributed by atoms with Gasteiger partial charge in [-0.25, -0.2) is 0 Å². The Kier molecular flexibility index (Phi) is 4.70. The number of likely N-dealkylation sites (tertiary alicyclic amines) is 1. The predicted octanol–water partition coefficient (Wildman–Crippen LogP) is 3.18. The topological polar surface area (TPSA) is 40.5 Å². The van der Waals surface area contributed by atoms with E-state index in [0.29, 0.717) is 17.4 Å². The van der Waals surface area contributed by atoms with Crippen molar-refractivity contribution in [2.24, 2.45) is 5.92 Å². The second-order valence-electron chi connectivity index (χ2n) is 5.21. The van der Waals surface area contributed by atoms with Crippen molar-refractivity contribution in [2.45, 2.75) is 26.2 Å². The first-order valence-electron chi connectivity index (χ1n) is 6.77. The van der Waals surface area contributed by atoms with E-state index in [9.17, 15) is 9.90 Å². The van der Waals surface area contributed by atoms with Crippen LogP contribution in [0.15, 0.2) is 18.2 Å². The summed E-state index contributed by atoms with van der Waals surface area (Å²) in [4.78, 5) is 14.3. The van der Waals surface area contributed by atoms with Gasteiger partial charge in [0.15, 0.2) is 0 Å². The number of hydrogen-bond acceptors (Lipinski definition) is 2. The molecule has 1 aromatic carbocycles. The van der Waals surface area contributed by atoms with Crippen LogP contribution in [0.3, 0.4) is 0 Å². The van der Waals surface area contributed by atoms with E-state index in [4.69, 9.17) is 11.6 Å². The molecule has 0 aliphatic carbocycles. The van der Waals surface area contributed by atoms with E-state index in [0.717, 1.165) is 37.9 Å². The molecule has 19 heavy (non-hydrogen) atoms. The van der Waals surface area contributed by atoms with Crippen LogP contribution in [0.25, 0.3) is 0 Å². The SMILES string of the molecule is Cc1cccc(C(=O)N2CCCC(CCCl)C2)c1O. The van der Waals surface area contributed by atoms with E-state index in [1.807, 2.05) is 11.0 Å². The normalized spacial score (nSPS) is 19.5. The van der Waals surface area contributed by atoms with Crippen molar-refractivity contribution in [3.8, 4) is 5.75 Å². The molecule has 0 saturated carbocycles. The van der Waals surface area contributed by atoms with Crippen LogP contribution in [-0.2, 0) is 0 Å². The molecule has 3 nitrogen and oxygen atoms in total. The van der Waals surface area contributed by atoms with Gasteiger partial charge in [0, 0.05) is 19.0 Å². The number of phenolic OH excluding ortho intramolecular Hbond substituents is 1. The molecule has 1 N–H and O–H groups in total. The average Bonchev–Trinajstić information content (AvgIpc) is 2.42. The number of halogens is 1. The molecule has 104 valence electrons. The largest absolute Gasteiger partial charge is 0.507 e. The molecule has 1 aliphatic rings. The number of piperidine rings is 1. The Morgan fingerprint density at radius 3 is 3.05 bits per heavy atom. The van der Waals surface area contributed by atoms with Gasteiger partial charge in [0.1, 0.15) is 5.75 Å². The van der Waals surface area contributed by atoms with Gasteiger partial charge in [-0.05, 0) is 43.7 Å². The molecule has 1 aliphatic heterocycles. The van der Waals surface area contributed by atoms with Gasteiger partial charge in [-0.1, -0.05) is 12.1 Å². The summed E-state index contributed by atoms with van der Waals surface area (Å²) in [6.45, 7) is 3.32. The number of alkyl halides is 1. The summed E-state index contributed by atoms with van der Waals surface area (Å²) in [7, 11) is 0. The second-order valence-corrected chi connectivity index (χ2v) is 5.59. The van der Waals surface area contributed by atoms with Crippen molar-refractivity contribution in [3.05, 3.63) is 29.3 Å². The Hall–Kier alpha value is -1.22. The van der Waals surface area contributed by atoms with Crippen LogP contribution in [0, 0.1) is 12.8 Å². The molecule has 1 unspecified atom stereocenters. The second kappa shape index (κ2) is 6.29. The van der Waals surface area contributed by atoms with E-state index in [2.05, 4.69) is 0 Å². The molecule has 0 spiro atoms. The van der Waals surface area contributed by atoms with Crippen LogP contribution in [0.2, 0.25) is 0 Å². The predicted molar refractivity (Wildman–Crippen MR) is 76.8 cm³/mol. The van der Waals surface area contributed by atoms with Crippen molar-refractivity contribution in [3.63, 3.8) is 0 Å². The number of para-hydroxylation sites is 1. The molecule has 0 aromatic heterocycles. The van der Waals surface area contributed by atoms with Gasteiger partial charge in [0.2, 0.25) is 0 Å². The molecule has 1 atom stereocenters. The van der Waals surface area contributed by atoms with Crippen molar-refractivity contribution < 1.29 is 9.90 Å². The first-order valence-corrected chi connectivity index (χ1v) is 7.30. The molecular weight excluding hydrogens is 262 g/mol. The lowest BCUT2D eigenvalue weighted by atomic mass is 9.95. The quantitative estimate of drug-likeness (QED) is 0.865. The molecule has 0 radical (unpaired) electrons. The summed E-state index contributed by atoms with van der Waals surface area (Å²) in [6.07, 6.45) is 3.10.